The SMILES string of the molecule is COc1ccccc1CCC(=O)N1CCN(c2ncccc2C#N)CC1. The van der Waals surface area contributed by atoms with Crippen LogP contribution in [0.15, 0.2) is 42.6 Å². The number of carbonyl (C=O) groups is 1. The van der Waals surface area contributed by atoms with Crippen molar-refractivity contribution < 1.29 is 9.53 Å². The predicted molar refractivity (Wildman–Crippen MR) is 99.1 cm³/mol. The fourth-order valence-electron chi connectivity index (χ4n) is 3.21. The number of carbonyl (C=O) groups excluding carboxylic acids is 1. The number of ether oxygens (including phenoxy) is 1. The highest BCUT2D eigenvalue weighted by molar-refractivity contribution is 5.77. The van der Waals surface area contributed by atoms with E-state index in [0.29, 0.717) is 50.4 Å². The number of piperazine rings is 1. The van der Waals surface area contributed by atoms with Crippen molar-refractivity contribution in [1.82, 2.24) is 9.88 Å². The average Bonchev–Trinajstić information content (AvgIpc) is 2.72. The van der Waals surface area contributed by atoms with Gasteiger partial charge in [-0.2, -0.15) is 5.26 Å². The number of nitriles is 1. The zero-order valence-electron chi connectivity index (χ0n) is 14.9. The number of anilines is 1. The number of nitrogens with zero attached hydrogens (tertiary/aromatic N) is 4. The lowest BCUT2D eigenvalue weighted by Crippen LogP contribution is -2.49. The molecule has 1 fully saturated rings. The number of methoxy groups -OCH3 is 1. The van der Waals surface area contributed by atoms with Crippen molar-refractivity contribution in [2.75, 3.05) is 38.2 Å². The maximum atomic E-state index is 12.5. The number of amides is 1. The Hall–Kier alpha value is -3.07. The number of rotatable bonds is 5. The van der Waals surface area contributed by atoms with Crippen molar-refractivity contribution in [3.05, 3.63) is 53.7 Å². The summed E-state index contributed by atoms with van der Waals surface area (Å²) in [5, 5.41) is 9.22. The molecular weight excluding hydrogens is 328 g/mol. The molecule has 6 nitrogen and oxygen atoms in total. The van der Waals surface area contributed by atoms with Crippen LogP contribution in [-0.4, -0.2) is 49.1 Å². The summed E-state index contributed by atoms with van der Waals surface area (Å²) in [6.07, 6.45) is 2.83. The molecule has 0 atom stereocenters. The van der Waals surface area contributed by atoms with Crippen LogP contribution in [0.1, 0.15) is 17.5 Å². The fraction of sp³-hybridized carbons (Fsp3) is 0.350. The molecule has 3 rings (SSSR count). The molecule has 1 aromatic heterocycles. The van der Waals surface area contributed by atoms with E-state index in [-0.39, 0.29) is 5.91 Å². The number of hydrogen-bond acceptors (Lipinski definition) is 5. The molecule has 0 aliphatic carbocycles. The van der Waals surface area contributed by atoms with Crippen LogP contribution < -0.4 is 9.64 Å². The number of aromatic nitrogens is 1. The molecule has 1 aliphatic heterocycles. The van der Waals surface area contributed by atoms with Gasteiger partial charge in [0.15, 0.2) is 0 Å². The number of hydrogen-bond donors (Lipinski definition) is 0. The quantitative estimate of drug-likeness (QED) is 0.827. The van der Waals surface area contributed by atoms with E-state index in [2.05, 4.69) is 16.0 Å². The van der Waals surface area contributed by atoms with E-state index >= 15 is 0 Å². The molecule has 26 heavy (non-hydrogen) atoms. The van der Waals surface area contributed by atoms with Gasteiger partial charge in [0, 0.05) is 38.8 Å². The molecule has 0 saturated carbocycles. The Bertz CT molecular complexity index is 807. The molecule has 0 bridgehead atoms. The molecule has 2 aromatic rings. The summed E-state index contributed by atoms with van der Waals surface area (Å²) in [4.78, 5) is 20.8. The van der Waals surface area contributed by atoms with Crippen LogP contribution in [0.5, 0.6) is 5.75 Å². The lowest BCUT2D eigenvalue weighted by molar-refractivity contribution is -0.131. The van der Waals surface area contributed by atoms with Crippen molar-refractivity contribution in [2.45, 2.75) is 12.8 Å². The van der Waals surface area contributed by atoms with Crippen molar-refractivity contribution in [3.8, 4) is 11.8 Å². The normalized spacial score (nSPS) is 14.0. The first-order chi connectivity index (χ1) is 12.7. The van der Waals surface area contributed by atoms with Crippen molar-refractivity contribution in [2.24, 2.45) is 0 Å². The molecule has 1 saturated heterocycles. The van der Waals surface area contributed by atoms with Gasteiger partial charge < -0.3 is 14.5 Å². The van der Waals surface area contributed by atoms with Crippen LogP contribution >= 0.6 is 0 Å². The second-order valence-corrected chi connectivity index (χ2v) is 6.17. The standard InChI is InChI=1S/C20H22N4O2/c1-26-18-7-3-2-5-16(18)8-9-19(25)23-11-13-24(14-12-23)20-17(15-21)6-4-10-22-20/h2-7,10H,8-9,11-14H2,1H3. The van der Waals surface area contributed by atoms with Gasteiger partial charge in [0.25, 0.3) is 0 Å². The first-order valence-corrected chi connectivity index (χ1v) is 8.72. The fourth-order valence-corrected chi connectivity index (χ4v) is 3.21. The molecule has 134 valence electrons. The van der Waals surface area contributed by atoms with E-state index in [1.54, 1.807) is 25.4 Å². The first kappa shape index (κ1) is 17.7. The van der Waals surface area contributed by atoms with Gasteiger partial charge in [-0.05, 0) is 30.2 Å². The third-order valence-corrected chi connectivity index (χ3v) is 4.64. The zero-order chi connectivity index (χ0) is 18.4. The maximum absolute atomic E-state index is 12.5. The third kappa shape index (κ3) is 3.94. The monoisotopic (exact) mass is 350 g/mol. The summed E-state index contributed by atoms with van der Waals surface area (Å²) in [6.45, 7) is 2.66. The minimum atomic E-state index is 0.150. The van der Waals surface area contributed by atoms with Gasteiger partial charge in [-0.25, -0.2) is 4.98 Å². The molecule has 0 radical (unpaired) electrons. The summed E-state index contributed by atoms with van der Waals surface area (Å²) in [5.41, 5.74) is 1.62. The van der Waals surface area contributed by atoms with Crippen LogP contribution in [0.25, 0.3) is 0 Å². The summed E-state index contributed by atoms with van der Waals surface area (Å²) in [7, 11) is 1.65. The van der Waals surface area contributed by atoms with Crippen LogP contribution in [0.4, 0.5) is 5.82 Å². The van der Waals surface area contributed by atoms with Gasteiger partial charge in [0.2, 0.25) is 5.91 Å². The largest absolute Gasteiger partial charge is 0.496 e. The van der Waals surface area contributed by atoms with Gasteiger partial charge in [-0.1, -0.05) is 18.2 Å². The summed E-state index contributed by atoms with van der Waals surface area (Å²) in [6, 6.07) is 13.5. The highest BCUT2D eigenvalue weighted by Gasteiger charge is 2.23. The molecule has 0 N–H and O–H groups in total. The van der Waals surface area contributed by atoms with Crippen LogP contribution in [0.3, 0.4) is 0 Å². The minimum Gasteiger partial charge on any atom is -0.496 e. The van der Waals surface area contributed by atoms with E-state index in [1.807, 2.05) is 29.2 Å². The zero-order valence-corrected chi connectivity index (χ0v) is 14.9. The van der Waals surface area contributed by atoms with Crippen LogP contribution in [0, 0.1) is 11.3 Å². The smallest absolute Gasteiger partial charge is 0.223 e. The maximum Gasteiger partial charge on any atom is 0.223 e. The van der Waals surface area contributed by atoms with Crippen LogP contribution in [0.2, 0.25) is 0 Å². The highest BCUT2D eigenvalue weighted by Crippen LogP contribution is 2.21. The number of para-hydroxylation sites is 1. The number of pyridine rings is 1. The second kappa shape index (κ2) is 8.34. The molecule has 0 unspecified atom stereocenters. The third-order valence-electron chi connectivity index (χ3n) is 4.64. The molecule has 1 aliphatic rings. The predicted octanol–water partition coefficient (Wildman–Crippen LogP) is 2.24. The highest BCUT2D eigenvalue weighted by atomic mass is 16.5. The van der Waals surface area contributed by atoms with E-state index in [4.69, 9.17) is 4.74 Å². The Morgan fingerprint density at radius 2 is 1.96 bits per heavy atom. The number of aryl methyl sites for hydroxylation is 1. The lowest BCUT2D eigenvalue weighted by atomic mass is 10.1. The molecule has 1 aromatic carbocycles. The lowest BCUT2D eigenvalue weighted by Gasteiger charge is -2.35. The van der Waals surface area contributed by atoms with Gasteiger partial charge >= 0.3 is 0 Å². The Labute approximate surface area is 153 Å². The molecular formula is C20H22N4O2. The van der Waals surface area contributed by atoms with E-state index in [9.17, 15) is 10.1 Å². The van der Waals surface area contributed by atoms with Gasteiger partial charge in [-0.3, -0.25) is 4.79 Å². The minimum absolute atomic E-state index is 0.150. The van der Waals surface area contributed by atoms with E-state index < -0.39 is 0 Å². The summed E-state index contributed by atoms with van der Waals surface area (Å²) in [5.74, 6) is 1.68. The van der Waals surface area contributed by atoms with Gasteiger partial charge in [0.05, 0.1) is 12.7 Å². The molecule has 6 heteroatoms. The Morgan fingerprint density at radius 1 is 1.19 bits per heavy atom. The Morgan fingerprint density at radius 3 is 2.69 bits per heavy atom. The van der Waals surface area contributed by atoms with Gasteiger partial charge in [0.1, 0.15) is 17.6 Å². The summed E-state index contributed by atoms with van der Waals surface area (Å²) >= 11 is 0. The van der Waals surface area contributed by atoms with Crippen LogP contribution in [-0.2, 0) is 11.2 Å². The van der Waals surface area contributed by atoms with E-state index in [1.165, 1.54) is 0 Å². The van der Waals surface area contributed by atoms with Crippen molar-refractivity contribution in [1.29, 1.82) is 5.26 Å². The number of benzene rings is 1. The molecule has 2 heterocycles. The second-order valence-electron chi connectivity index (χ2n) is 6.17. The van der Waals surface area contributed by atoms with E-state index in [0.717, 1.165) is 11.3 Å². The molecule has 0 spiro atoms. The van der Waals surface area contributed by atoms with Crippen molar-refractivity contribution in [3.63, 3.8) is 0 Å². The molecule has 1 amide bonds. The summed E-state index contributed by atoms with van der Waals surface area (Å²) < 4.78 is 5.34. The topological polar surface area (TPSA) is 69.5 Å². The Kier molecular flexibility index (Phi) is 5.69. The average molecular weight is 350 g/mol. The first-order valence-electron chi connectivity index (χ1n) is 8.72. The van der Waals surface area contributed by atoms with Crippen molar-refractivity contribution >= 4 is 11.7 Å². The van der Waals surface area contributed by atoms with Gasteiger partial charge in [-0.15, -0.1) is 0 Å². The Balaban J connectivity index is 1.55.